The Kier molecular flexibility index (Phi) is 6.31. The number of esters is 1. The minimum absolute atomic E-state index is 0.154. The fraction of sp³-hybridized carbons (Fsp3) is 0.900. The van der Waals surface area contributed by atoms with Crippen LogP contribution in [0.25, 0.3) is 0 Å². The third-order valence-electron chi connectivity index (χ3n) is 2.29. The van der Waals surface area contributed by atoms with E-state index in [1.807, 2.05) is 0 Å². The van der Waals surface area contributed by atoms with E-state index in [9.17, 15) is 4.79 Å². The van der Waals surface area contributed by atoms with Gasteiger partial charge in [-0.2, -0.15) is 0 Å². The Morgan fingerprint density at radius 1 is 1.33 bits per heavy atom. The monoisotopic (exact) mass is 217 g/mol. The fourth-order valence-corrected chi connectivity index (χ4v) is 1.39. The van der Waals surface area contributed by atoms with Crippen LogP contribution in [-0.4, -0.2) is 64.0 Å². The number of nitrogens with zero attached hydrogens (tertiary/aromatic N) is 1. The maximum atomic E-state index is 11.2. The smallest absolute Gasteiger partial charge is 0.307 e. The standard InChI is InChI=1S/C10H19NO4/c1-13-8-9-15-10(12)2-3-11-4-6-14-7-5-11/h2-9H2,1H3. The zero-order chi connectivity index (χ0) is 10.9. The van der Waals surface area contributed by atoms with Crippen LogP contribution < -0.4 is 0 Å². The molecule has 1 aliphatic rings. The normalized spacial score (nSPS) is 17.7. The molecule has 15 heavy (non-hydrogen) atoms. The zero-order valence-corrected chi connectivity index (χ0v) is 9.24. The van der Waals surface area contributed by atoms with Gasteiger partial charge in [-0.3, -0.25) is 9.69 Å². The van der Waals surface area contributed by atoms with E-state index in [1.165, 1.54) is 0 Å². The molecule has 0 aromatic rings. The van der Waals surface area contributed by atoms with E-state index >= 15 is 0 Å². The zero-order valence-electron chi connectivity index (χ0n) is 9.24. The number of hydrogen-bond acceptors (Lipinski definition) is 5. The van der Waals surface area contributed by atoms with Crippen LogP contribution in [0.1, 0.15) is 6.42 Å². The van der Waals surface area contributed by atoms with E-state index in [2.05, 4.69) is 4.90 Å². The van der Waals surface area contributed by atoms with Crippen molar-refractivity contribution in [3.8, 4) is 0 Å². The summed E-state index contributed by atoms with van der Waals surface area (Å²) < 4.78 is 14.9. The Morgan fingerprint density at radius 3 is 2.73 bits per heavy atom. The lowest BCUT2D eigenvalue weighted by atomic mass is 10.3. The molecule has 0 spiro atoms. The number of hydrogen-bond donors (Lipinski definition) is 0. The minimum atomic E-state index is -0.154. The summed E-state index contributed by atoms with van der Waals surface area (Å²) in [7, 11) is 1.58. The Balaban J connectivity index is 2.00. The molecule has 1 saturated heterocycles. The van der Waals surface area contributed by atoms with Gasteiger partial charge in [-0.25, -0.2) is 0 Å². The minimum Gasteiger partial charge on any atom is -0.463 e. The van der Waals surface area contributed by atoms with Crippen LogP contribution in [0.5, 0.6) is 0 Å². The van der Waals surface area contributed by atoms with Crippen molar-refractivity contribution in [1.29, 1.82) is 0 Å². The number of rotatable bonds is 6. The summed E-state index contributed by atoms with van der Waals surface area (Å²) in [6.45, 7) is 4.91. The van der Waals surface area contributed by atoms with E-state index in [0.717, 1.165) is 32.8 Å². The predicted molar refractivity (Wildman–Crippen MR) is 54.7 cm³/mol. The molecule has 5 nitrogen and oxygen atoms in total. The van der Waals surface area contributed by atoms with Crippen LogP contribution in [0, 0.1) is 0 Å². The van der Waals surface area contributed by atoms with Crippen molar-refractivity contribution in [2.75, 3.05) is 53.2 Å². The van der Waals surface area contributed by atoms with Gasteiger partial charge in [0.2, 0.25) is 0 Å². The molecule has 5 heteroatoms. The van der Waals surface area contributed by atoms with Crippen molar-refractivity contribution in [2.45, 2.75) is 6.42 Å². The highest BCUT2D eigenvalue weighted by Gasteiger charge is 2.12. The highest BCUT2D eigenvalue weighted by atomic mass is 16.6. The average molecular weight is 217 g/mol. The van der Waals surface area contributed by atoms with Gasteiger partial charge >= 0.3 is 5.97 Å². The van der Waals surface area contributed by atoms with E-state index in [4.69, 9.17) is 14.2 Å². The first kappa shape index (κ1) is 12.4. The molecule has 1 rings (SSSR count). The van der Waals surface area contributed by atoms with Gasteiger partial charge in [0.15, 0.2) is 0 Å². The van der Waals surface area contributed by atoms with Crippen molar-refractivity contribution in [3.63, 3.8) is 0 Å². The van der Waals surface area contributed by atoms with E-state index < -0.39 is 0 Å². The first-order valence-electron chi connectivity index (χ1n) is 5.27. The summed E-state index contributed by atoms with van der Waals surface area (Å²) in [5.41, 5.74) is 0. The lowest BCUT2D eigenvalue weighted by Crippen LogP contribution is -2.37. The fourth-order valence-electron chi connectivity index (χ4n) is 1.39. The highest BCUT2D eigenvalue weighted by Crippen LogP contribution is 1.98. The summed E-state index contributed by atoms with van der Waals surface area (Å²) in [6, 6.07) is 0. The SMILES string of the molecule is COCCOC(=O)CCN1CCOCC1. The van der Waals surface area contributed by atoms with Gasteiger partial charge in [0.1, 0.15) is 6.61 Å². The van der Waals surface area contributed by atoms with Crippen LogP contribution in [0.2, 0.25) is 0 Å². The lowest BCUT2D eigenvalue weighted by Gasteiger charge is -2.25. The van der Waals surface area contributed by atoms with Gasteiger partial charge in [0.05, 0.1) is 26.2 Å². The van der Waals surface area contributed by atoms with Crippen LogP contribution in [0.15, 0.2) is 0 Å². The Labute approximate surface area is 90.3 Å². The second kappa shape index (κ2) is 7.62. The first-order chi connectivity index (χ1) is 7.33. The van der Waals surface area contributed by atoms with Gasteiger partial charge in [-0.15, -0.1) is 0 Å². The Bertz CT molecular complexity index is 180. The predicted octanol–water partition coefficient (Wildman–Crippen LogP) is -0.102. The summed E-state index contributed by atoms with van der Waals surface area (Å²) >= 11 is 0. The third kappa shape index (κ3) is 5.71. The maximum Gasteiger partial charge on any atom is 0.307 e. The average Bonchev–Trinajstić information content (AvgIpc) is 2.28. The second-order valence-electron chi connectivity index (χ2n) is 3.42. The molecular weight excluding hydrogens is 198 g/mol. The lowest BCUT2D eigenvalue weighted by molar-refractivity contribution is -0.145. The second-order valence-corrected chi connectivity index (χ2v) is 3.42. The van der Waals surface area contributed by atoms with Crippen LogP contribution in [-0.2, 0) is 19.0 Å². The van der Waals surface area contributed by atoms with Gasteiger partial charge in [0, 0.05) is 26.7 Å². The topological polar surface area (TPSA) is 48.0 Å². The molecule has 0 radical (unpaired) electrons. The van der Waals surface area contributed by atoms with Crippen LogP contribution in [0.3, 0.4) is 0 Å². The molecule has 0 saturated carbocycles. The molecule has 88 valence electrons. The summed E-state index contributed by atoms with van der Waals surface area (Å²) in [5.74, 6) is -0.154. The molecular formula is C10H19NO4. The van der Waals surface area contributed by atoms with Gasteiger partial charge in [-0.05, 0) is 0 Å². The largest absolute Gasteiger partial charge is 0.463 e. The Hall–Kier alpha value is -0.650. The maximum absolute atomic E-state index is 11.2. The van der Waals surface area contributed by atoms with Crippen molar-refractivity contribution >= 4 is 5.97 Å². The molecule has 0 unspecified atom stereocenters. The number of carbonyl (C=O) groups excluding carboxylic acids is 1. The number of methoxy groups -OCH3 is 1. The highest BCUT2D eigenvalue weighted by molar-refractivity contribution is 5.69. The molecule has 0 aromatic heterocycles. The molecule has 0 amide bonds. The van der Waals surface area contributed by atoms with Gasteiger partial charge in [0.25, 0.3) is 0 Å². The molecule has 0 aromatic carbocycles. The molecule has 1 aliphatic heterocycles. The number of carbonyl (C=O) groups is 1. The van der Waals surface area contributed by atoms with Crippen LogP contribution in [0.4, 0.5) is 0 Å². The van der Waals surface area contributed by atoms with Gasteiger partial charge in [-0.1, -0.05) is 0 Å². The van der Waals surface area contributed by atoms with Crippen molar-refractivity contribution in [3.05, 3.63) is 0 Å². The summed E-state index contributed by atoms with van der Waals surface area (Å²) in [4.78, 5) is 13.4. The first-order valence-corrected chi connectivity index (χ1v) is 5.27. The van der Waals surface area contributed by atoms with Crippen molar-refractivity contribution < 1.29 is 19.0 Å². The molecule has 0 atom stereocenters. The molecule has 0 N–H and O–H groups in total. The molecule has 1 fully saturated rings. The molecule has 0 aliphatic carbocycles. The quantitative estimate of drug-likeness (QED) is 0.459. The van der Waals surface area contributed by atoms with E-state index in [0.29, 0.717) is 19.6 Å². The van der Waals surface area contributed by atoms with E-state index in [1.54, 1.807) is 7.11 Å². The molecule has 1 heterocycles. The Morgan fingerprint density at radius 2 is 2.07 bits per heavy atom. The van der Waals surface area contributed by atoms with Crippen molar-refractivity contribution in [1.82, 2.24) is 4.90 Å². The number of morpholine rings is 1. The summed E-state index contributed by atoms with van der Waals surface area (Å²) in [5, 5.41) is 0. The van der Waals surface area contributed by atoms with E-state index in [-0.39, 0.29) is 5.97 Å². The number of ether oxygens (including phenoxy) is 3. The third-order valence-corrected chi connectivity index (χ3v) is 2.29. The van der Waals surface area contributed by atoms with Crippen molar-refractivity contribution in [2.24, 2.45) is 0 Å². The van der Waals surface area contributed by atoms with Crippen LogP contribution >= 0.6 is 0 Å². The molecule has 0 bridgehead atoms. The summed E-state index contributed by atoms with van der Waals surface area (Å²) in [6.07, 6.45) is 0.448. The van der Waals surface area contributed by atoms with Gasteiger partial charge < -0.3 is 14.2 Å².